The molecule has 3 nitrogen and oxygen atoms in total. The van der Waals surface area contributed by atoms with Crippen LogP contribution in [0.2, 0.25) is 0 Å². The molecule has 0 saturated carbocycles. The van der Waals surface area contributed by atoms with Crippen LogP contribution < -0.4 is 5.32 Å². The van der Waals surface area contributed by atoms with Crippen molar-refractivity contribution in [2.75, 3.05) is 16.8 Å². The van der Waals surface area contributed by atoms with Gasteiger partial charge >= 0.3 is 0 Å². The molecule has 0 spiro atoms. The number of nitrogens with one attached hydrogen (secondary N) is 1. The van der Waals surface area contributed by atoms with Crippen molar-refractivity contribution in [2.45, 2.75) is 39.8 Å². The van der Waals surface area contributed by atoms with E-state index in [0.717, 1.165) is 11.7 Å². The standard InChI is InChI=1S/C11H21N3S/c1-5-15-8-10(4)14-7-6-12-11(14)13-9(2)3/h6-7,9-10H,5,8H2,1-4H3,(H,12,13). The third-order valence-corrected chi connectivity index (χ3v) is 3.25. The fourth-order valence-corrected chi connectivity index (χ4v) is 2.14. The van der Waals surface area contributed by atoms with E-state index in [0.29, 0.717) is 12.1 Å². The minimum absolute atomic E-state index is 0.428. The highest BCUT2D eigenvalue weighted by Crippen LogP contribution is 2.18. The van der Waals surface area contributed by atoms with E-state index in [4.69, 9.17) is 0 Å². The molecule has 1 aromatic rings. The molecule has 0 saturated heterocycles. The Morgan fingerprint density at radius 2 is 2.20 bits per heavy atom. The van der Waals surface area contributed by atoms with E-state index in [2.05, 4.69) is 42.6 Å². The maximum absolute atomic E-state index is 4.33. The van der Waals surface area contributed by atoms with Crippen molar-refractivity contribution in [1.29, 1.82) is 0 Å². The summed E-state index contributed by atoms with van der Waals surface area (Å²) < 4.78 is 2.21. The van der Waals surface area contributed by atoms with Gasteiger partial charge in [0, 0.05) is 30.2 Å². The summed E-state index contributed by atoms with van der Waals surface area (Å²) in [7, 11) is 0. The molecule has 0 aliphatic carbocycles. The molecule has 0 amide bonds. The molecule has 0 radical (unpaired) electrons. The average Bonchev–Trinajstić information content (AvgIpc) is 2.61. The van der Waals surface area contributed by atoms with E-state index in [1.54, 1.807) is 0 Å². The Morgan fingerprint density at radius 3 is 2.80 bits per heavy atom. The van der Waals surface area contributed by atoms with Gasteiger partial charge in [0.2, 0.25) is 5.95 Å². The second kappa shape index (κ2) is 6.05. The summed E-state index contributed by atoms with van der Waals surface area (Å²) in [6.45, 7) is 8.68. The number of nitrogens with zero attached hydrogens (tertiary/aromatic N) is 2. The number of anilines is 1. The van der Waals surface area contributed by atoms with Crippen LogP contribution in [0.15, 0.2) is 12.4 Å². The number of aromatic nitrogens is 2. The maximum Gasteiger partial charge on any atom is 0.203 e. The van der Waals surface area contributed by atoms with Crippen LogP contribution >= 0.6 is 11.8 Å². The zero-order chi connectivity index (χ0) is 11.3. The van der Waals surface area contributed by atoms with Gasteiger partial charge in [0.1, 0.15) is 0 Å². The number of hydrogen-bond donors (Lipinski definition) is 1. The van der Waals surface area contributed by atoms with E-state index in [1.807, 2.05) is 24.2 Å². The molecule has 1 heterocycles. The molecule has 1 unspecified atom stereocenters. The highest BCUT2D eigenvalue weighted by Gasteiger charge is 2.09. The van der Waals surface area contributed by atoms with E-state index < -0.39 is 0 Å². The fourth-order valence-electron chi connectivity index (χ4n) is 1.41. The summed E-state index contributed by atoms with van der Waals surface area (Å²) >= 11 is 1.97. The predicted molar refractivity (Wildman–Crippen MR) is 68.7 cm³/mol. The lowest BCUT2D eigenvalue weighted by molar-refractivity contribution is 0.610. The van der Waals surface area contributed by atoms with Crippen LogP contribution in [0.25, 0.3) is 0 Å². The minimum atomic E-state index is 0.428. The number of hydrogen-bond acceptors (Lipinski definition) is 3. The largest absolute Gasteiger partial charge is 0.353 e. The van der Waals surface area contributed by atoms with Gasteiger partial charge < -0.3 is 9.88 Å². The van der Waals surface area contributed by atoms with Crippen molar-refractivity contribution in [1.82, 2.24) is 9.55 Å². The van der Waals surface area contributed by atoms with Gasteiger partial charge in [-0.3, -0.25) is 0 Å². The molecule has 0 aliphatic heterocycles. The van der Waals surface area contributed by atoms with Gasteiger partial charge in [-0.2, -0.15) is 11.8 Å². The summed E-state index contributed by atoms with van der Waals surface area (Å²) in [4.78, 5) is 4.33. The Kier molecular flexibility index (Phi) is 5.02. The van der Waals surface area contributed by atoms with Gasteiger partial charge in [0.15, 0.2) is 0 Å². The Hall–Kier alpha value is -0.640. The summed E-state index contributed by atoms with van der Waals surface area (Å²) in [6, 6.07) is 0.927. The molecule has 1 N–H and O–H groups in total. The van der Waals surface area contributed by atoms with Gasteiger partial charge in [-0.25, -0.2) is 4.98 Å². The molecule has 0 bridgehead atoms. The first-order valence-electron chi connectivity index (χ1n) is 5.52. The van der Waals surface area contributed by atoms with Crippen LogP contribution in [0, 0.1) is 0 Å². The quantitative estimate of drug-likeness (QED) is 0.810. The van der Waals surface area contributed by atoms with Crippen LogP contribution in [0.3, 0.4) is 0 Å². The second-order valence-electron chi connectivity index (χ2n) is 3.97. The number of imidazole rings is 1. The fraction of sp³-hybridized carbons (Fsp3) is 0.727. The molecule has 0 fully saturated rings. The molecule has 1 atom stereocenters. The zero-order valence-electron chi connectivity index (χ0n) is 10.0. The smallest absolute Gasteiger partial charge is 0.203 e. The number of rotatable bonds is 6. The van der Waals surface area contributed by atoms with Crippen LogP contribution in [0.4, 0.5) is 5.95 Å². The highest BCUT2D eigenvalue weighted by atomic mass is 32.2. The average molecular weight is 227 g/mol. The monoisotopic (exact) mass is 227 g/mol. The molecule has 0 aliphatic rings. The van der Waals surface area contributed by atoms with Gasteiger partial charge in [-0.1, -0.05) is 6.92 Å². The zero-order valence-corrected chi connectivity index (χ0v) is 10.8. The van der Waals surface area contributed by atoms with Crippen LogP contribution in [0.5, 0.6) is 0 Å². The summed E-state index contributed by atoms with van der Waals surface area (Å²) in [6.07, 6.45) is 3.91. The van der Waals surface area contributed by atoms with Crippen molar-refractivity contribution in [3.8, 4) is 0 Å². The first kappa shape index (κ1) is 12.4. The van der Waals surface area contributed by atoms with Gasteiger partial charge in [-0.05, 0) is 26.5 Å². The van der Waals surface area contributed by atoms with E-state index in [-0.39, 0.29) is 0 Å². The number of thioether (sulfide) groups is 1. The van der Waals surface area contributed by atoms with Crippen molar-refractivity contribution < 1.29 is 0 Å². The van der Waals surface area contributed by atoms with Crippen LogP contribution in [-0.2, 0) is 0 Å². The highest BCUT2D eigenvalue weighted by molar-refractivity contribution is 7.99. The Bertz CT molecular complexity index is 283. The van der Waals surface area contributed by atoms with Crippen molar-refractivity contribution in [3.63, 3.8) is 0 Å². The molecule has 86 valence electrons. The van der Waals surface area contributed by atoms with E-state index >= 15 is 0 Å². The van der Waals surface area contributed by atoms with E-state index in [1.165, 1.54) is 5.75 Å². The molecule has 4 heteroatoms. The Balaban J connectivity index is 2.62. The lowest BCUT2D eigenvalue weighted by atomic mass is 10.4. The molecule has 1 aromatic heterocycles. The Labute approximate surface area is 96.7 Å². The molecule has 1 rings (SSSR count). The first-order chi connectivity index (χ1) is 7.15. The van der Waals surface area contributed by atoms with Gasteiger partial charge in [-0.15, -0.1) is 0 Å². The van der Waals surface area contributed by atoms with Crippen LogP contribution in [-0.4, -0.2) is 27.1 Å². The maximum atomic E-state index is 4.33. The minimum Gasteiger partial charge on any atom is -0.353 e. The van der Waals surface area contributed by atoms with Gasteiger partial charge in [0.05, 0.1) is 0 Å². The normalized spacial score (nSPS) is 13.1. The van der Waals surface area contributed by atoms with Crippen molar-refractivity contribution >= 4 is 17.7 Å². The van der Waals surface area contributed by atoms with Crippen LogP contribution in [0.1, 0.15) is 33.7 Å². The SMILES string of the molecule is CCSCC(C)n1ccnc1NC(C)C. The molecular formula is C11H21N3S. The first-order valence-corrected chi connectivity index (χ1v) is 6.67. The summed E-state index contributed by atoms with van der Waals surface area (Å²) in [5.74, 6) is 3.29. The topological polar surface area (TPSA) is 29.9 Å². The second-order valence-corrected chi connectivity index (χ2v) is 5.28. The van der Waals surface area contributed by atoms with Gasteiger partial charge in [0.25, 0.3) is 0 Å². The summed E-state index contributed by atoms with van der Waals surface area (Å²) in [5.41, 5.74) is 0. The van der Waals surface area contributed by atoms with E-state index in [9.17, 15) is 0 Å². The molecule has 15 heavy (non-hydrogen) atoms. The third kappa shape index (κ3) is 3.78. The lowest BCUT2D eigenvalue weighted by Gasteiger charge is -2.17. The summed E-state index contributed by atoms with van der Waals surface area (Å²) in [5, 5.41) is 3.35. The Morgan fingerprint density at radius 1 is 1.47 bits per heavy atom. The molecule has 0 aromatic carbocycles. The third-order valence-electron chi connectivity index (χ3n) is 2.12. The van der Waals surface area contributed by atoms with Crippen molar-refractivity contribution in [2.24, 2.45) is 0 Å². The molecular weight excluding hydrogens is 206 g/mol. The lowest BCUT2D eigenvalue weighted by Crippen LogP contribution is -2.17. The predicted octanol–water partition coefficient (Wildman–Crippen LogP) is 3.02. The van der Waals surface area contributed by atoms with Crippen molar-refractivity contribution in [3.05, 3.63) is 12.4 Å².